The largest absolute Gasteiger partial charge is 0.357 e. The van der Waals surface area contributed by atoms with E-state index in [4.69, 9.17) is 0 Å². The molecular weight excluding hydrogens is 268 g/mol. The topological polar surface area (TPSA) is 27.8 Å². The molecule has 1 saturated carbocycles. The van der Waals surface area contributed by atoms with E-state index < -0.39 is 0 Å². The third-order valence-corrected chi connectivity index (χ3v) is 6.19. The summed E-state index contributed by atoms with van der Waals surface area (Å²) in [6, 6.07) is 8.81. The maximum absolute atomic E-state index is 3.89. The van der Waals surface area contributed by atoms with Crippen molar-refractivity contribution >= 4 is 10.9 Å². The molecule has 2 aromatic rings. The third-order valence-electron chi connectivity index (χ3n) is 6.19. The minimum atomic E-state index is 0.203. The first-order valence-corrected chi connectivity index (χ1v) is 8.85. The normalized spacial score (nSPS) is 29.0. The molecule has 1 spiro atoms. The Hall–Kier alpha value is -1.28. The number of rotatable bonds is 0. The summed E-state index contributed by atoms with van der Waals surface area (Å²) in [7, 11) is 0. The van der Waals surface area contributed by atoms with Gasteiger partial charge in [0.15, 0.2) is 0 Å². The number of para-hydroxylation sites is 1. The van der Waals surface area contributed by atoms with Crippen molar-refractivity contribution in [3.63, 3.8) is 0 Å². The van der Waals surface area contributed by atoms with Gasteiger partial charge in [-0.15, -0.1) is 0 Å². The van der Waals surface area contributed by atoms with Crippen molar-refractivity contribution in [2.75, 3.05) is 6.54 Å². The number of benzene rings is 1. The van der Waals surface area contributed by atoms with E-state index >= 15 is 0 Å². The van der Waals surface area contributed by atoms with Gasteiger partial charge in [-0.05, 0) is 55.1 Å². The molecule has 2 heteroatoms. The van der Waals surface area contributed by atoms with Crippen LogP contribution in [0.3, 0.4) is 0 Å². The van der Waals surface area contributed by atoms with Crippen LogP contribution >= 0.6 is 0 Å². The third kappa shape index (κ3) is 2.11. The number of hydrogen-bond donors (Lipinski definition) is 2. The summed E-state index contributed by atoms with van der Waals surface area (Å²) in [4.78, 5) is 3.77. The number of H-pyrrole nitrogens is 1. The standard InChI is InChI=1S/C20H28N2/c1-19(2,3)14-8-11-20(12-9-14)18-16(10-13-21-20)15-6-4-5-7-17(15)22-18/h4-7,14,21-22H,8-13H2,1-3H3. The molecule has 2 aliphatic rings. The van der Waals surface area contributed by atoms with Crippen molar-refractivity contribution in [2.45, 2.75) is 58.4 Å². The second-order valence-corrected chi connectivity index (χ2v) is 8.42. The maximum Gasteiger partial charge on any atom is 0.0589 e. The van der Waals surface area contributed by atoms with Gasteiger partial charge in [0.2, 0.25) is 0 Å². The Morgan fingerprint density at radius 2 is 1.82 bits per heavy atom. The van der Waals surface area contributed by atoms with Gasteiger partial charge in [-0.2, -0.15) is 0 Å². The summed E-state index contributed by atoms with van der Waals surface area (Å²) in [5.74, 6) is 0.856. The maximum atomic E-state index is 3.89. The first-order valence-electron chi connectivity index (χ1n) is 8.85. The first kappa shape index (κ1) is 14.3. The lowest BCUT2D eigenvalue weighted by atomic mass is 9.65. The Morgan fingerprint density at radius 1 is 1.09 bits per heavy atom. The Morgan fingerprint density at radius 3 is 2.55 bits per heavy atom. The van der Waals surface area contributed by atoms with Gasteiger partial charge < -0.3 is 10.3 Å². The molecule has 1 aromatic heterocycles. The molecule has 2 N–H and O–H groups in total. The predicted molar refractivity (Wildman–Crippen MR) is 93.1 cm³/mol. The smallest absolute Gasteiger partial charge is 0.0589 e. The fraction of sp³-hybridized carbons (Fsp3) is 0.600. The lowest BCUT2D eigenvalue weighted by Gasteiger charge is -2.46. The molecule has 0 radical (unpaired) electrons. The molecule has 1 aromatic carbocycles. The molecule has 1 aliphatic carbocycles. The average molecular weight is 296 g/mol. The quantitative estimate of drug-likeness (QED) is 0.721. The van der Waals surface area contributed by atoms with E-state index in [2.05, 4.69) is 55.3 Å². The van der Waals surface area contributed by atoms with Gasteiger partial charge in [-0.3, -0.25) is 0 Å². The molecule has 0 atom stereocenters. The zero-order chi connectivity index (χ0) is 15.4. The highest BCUT2D eigenvalue weighted by Gasteiger charge is 2.43. The molecular formula is C20H28N2. The molecule has 0 unspecified atom stereocenters. The second kappa shape index (κ2) is 4.86. The van der Waals surface area contributed by atoms with Gasteiger partial charge >= 0.3 is 0 Å². The van der Waals surface area contributed by atoms with Gasteiger partial charge in [-0.1, -0.05) is 39.0 Å². The minimum Gasteiger partial charge on any atom is -0.357 e. The molecule has 118 valence electrons. The Kier molecular flexibility index (Phi) is 3.16. The molecule has 1 fully saturated rings. The Labute approximate surface area is 133 Å². The molecule has 22 heavy (non-hydrogen) atoms. The van der Waals surface area contributed by atoms with Crippen molar-refractivity contribution in [1.29, 1.82) is 0 Å². The van der Waals surface area contributed by atoms with Crippen molar-refractivity contribution in [2.24, 2.45) is 11.3 Å². The van der Waals surface area contributed by atoms with E-state index in [1.54, 1.807) is 5.56 Å². The van der Waals surface area contributed by atoms with Crippen LogP contribution < -0.4 is 5.32 Å². The van der Waals surface area contributed by atoms with E-state index in [1.807, 2.05) is 0 Å². The Balaban J connectivity index is 1.71. The average Bonchev–Trinajstić information content (AvgIpc) is 2.88. The van der Waals surface area contributed by atoms with Crippen LogP contribution in [0.5, 0.6) is 0 Å². The van der Waals surface area contributed by atoms with E-state index in [0.717, 1.165) is 18.9 Å². The minimum absolute atomic E-state index is 0.203. The van der Waals surface area contributed by atoms with E-state index in [9.17, 15) is 0 Å². The van der Waals surface area contributed by atoms with E-state index in [-0.39, 0.29) is 5.54 Å². The van der Waals surface area contributed by atoms with Crippen molar-refractivity contribution in [3.8, 4) is 0 Å². The number of aromatic nitrogens is 1. The van der Waals surface area contributed by atoms with E-state index in [1.165, 1.54) is 42.3 Å². The van der Waals surface area contributed by atoms with Crippen LogP contribution in [-0.4, -0.2) is 11.5 Å². The van der Waals surface area contributed by atoms with Gasteiger partial charge in [0.05, 0.1) is 5.54 Å². The summed E-state index contributed by atoms with van der Waals surface area (Å²) >= 11 is 0. The number of nitrogens with one attached hydrogen (secondary N) is 2. The summed E-state index contributed by atoms with van der Waals surface area (Å²) in [5, 5.41) is 5.33. The van der Waals surface area contributed by atoms with Crippen molar-refractivity contribution < 1.29 is 0 Å². The predicted octanol–water partition coefficient (Wildman–Crippen LogP) is 4.75. The molecule has 0 saturated heterocycles. The van der Waals surface area contributed by atoms with Gasteiger partial charge in [0.1, 0.15) is 0 Å². The zero-order valence-electron chi connectivity index (χ0n) is 14.1. The van der Waals surface area contributed by atoms with Gasteiger partial charge in [0, 0.05) is 23.1 Å². The molecule has 2 nitrogen and oxygen atoms in total. The summed E-state index contributed by atoms with van der Waals surface area (Å²) in [5.41, 5.74) is 5.03. The summed E-state index contributed by atoms with van der Waals surface area (Å²) in [6.45, 7) is 8.32. The fourth-order valence-corrected chi connectivity index (χ4v) is 4.79. The highest BCUT2D eigenvalue weighted by molar-refractivity contribution is 5.85. The van der Waals surface area contributed by atoms with Crippen LogP contribution in [0, 0.1) is 11.3 Å². The molecule has 0 bridgehead atoms. The first-order chi connectivity index (χ1) is 10.5. The highest BCUT2D eigenvalue weighted by atomic mass is 15.0. The lowest BCUT2D eigenvalue weighted by molar-refractivity contribution is 0.107. The molecule has 2 heterocycles. The van der Waals surface area contributed by atoms with Crippen molar-refractivity contribution in [3.05, 3.63) is 35.5 Å². The van der Waals surface area contributed by atoms with Crippen LogP contribution in [0.4, 0.5) is 0 Å². The molecule has 0 amide bonds. The highest BCUT2D eigenvalue weighted by Crippen LogP contribution is 2.47. The molecule has 4 rings (SSSR count). The number of fused-ring (bicyclic) bond motifs is 4. The van der Waals surface area contributed by atoms with Gasteiger partial charge in [0.25, 0.3) is 0 Å². The van der Waals surface area contributed by atoms with Crippen LogP contribution in [0.2, 0.25) is 0 Å². The monoisotopic (exact) mass is 296 g/mol. The van der Waals surface area contributed by atoms with Crippen molar-refractivity contribution in [1.82, 2.24) is 10.3 Å². The van der Waals surface area contributed by atoms with Crippen LogP contribution in [0.1, 0.15) is 57.7 Å². The zero-order valence-corrected chi connectivity index (χ0v) is 14.1. The Bertz CT molecular complexity index is 681. The van der Waals surface area contributed by atoms with Gasteiger partial charge in [-0.25, -0.2) is 0 Å². The SMILES string of the molecule is CC(C)(C)C1CCC2(CC1)NCCc1c2[nH]c2ccccc12. The second-order valence-electron chi connectivity index (χ2n) is 8.42. The summed E-state index contributed by atoms with van der Waals surface area (Å²) < 4.78 is 0. The van der Waals surface area contributed by atoms with Crippen LogP contribution in [0.25, 0.3) is 10.9 Å². The van der Waals surface area contributed by atoms with Crippen LogP contribution in [-0.2, 0) is 12.0 Å². The summed E-state index contributed by atoms with van der Waals surface area (Å²) in [6.07, 6.45) is 6.38. The van der Waals surface area contributed by atoms with E-state index in [0.29, 0.717) is 5.41 Å². The lowest BCUT2D eigenvalue weighted by Crippen LogP contribution is -2.50. The molecule has 1 aliphatic heterocycles. The fourth-order valence-electron chi connectivity index (χ4n) is 4.79. The van der Waals surface area contributed by atoms with Crippen LogP contribution in [0.15, 0.2) is 24.3 Å². The number of aromatic amines is 1. The number of hydrogen-bond acceptors (Lipinski definition) is 1.